The quantitative estimate of drug-likeness (QED) is 0.313. The number of rotatable bonds is 10. The molecule has 148 valence electrons. The van der Waals surface area contributed by atoms with Gasteiger partial charge in [0.25, 0.3) is 0 Å². The average molecular weight is 389 g/mol. The van der Waals surface area contributed by atoms with Crippen LogP contribution in [0.1, 0.15) is 31.2 Å². The van der Waals surface area contributed by atoms with Crippen LogP contribution in [0, 0.1) is 12.3 Å². The van der Waals surface area contributed by atoms with Gasteiger partial charge < -0.3 is 19.6 Å². The number of aldehydes is 1. The van der Waals surface area contributed by atoms with Crippen LogP contribution in [-0.2, 0) is 4.79 Å². The predicted octanol–water partition coefficient (Wildman–Crippen LogP) is 4.50. The molecule has 0 radical (unpaired) electrons. The van der Waals surface area contributed by atoms with E-state index in [1.54, 1.807) is 7.11 Å². The number of hydrogen-bond acceptors (Lipinski definition) is 6. The van der Waals surface area contributed by atoms with E-state index in [4.69, 9.17) is 15.9 Å². The molecule has 0 unspecified atom stereocenters. The minimum atomic E-state index is 0.551. The first-order chi connectivity index (χ1) is 14.2. The molecular formula is C23H23N3O3. The van der Waals surface area contributed by atoms with E-state index in [1.807, 2.05) is 36.4 Å². The number of carbonyl (C=O) groups excluding carboxylic acids is 1. The lowest BCUT2D eigenvalue weighted by atomic mass is 10.2. The zero-order chi connectivity index (χ0) is 20.5. The van der Waals surface area contributed by atoms with Crippen LogP contribution in [0.5, 0.6) is 11.5 Å². The van der Waals surface area contributed by atoms with Crippen LogP contribution in [0.3, 0.4) is 0 Å². The number of carbonyl (C=O) groups is 1. The van der Waals surface area contributed by atoms with Crippen molar-refractivity contribution in [1.82, 2.24) is 9.97 Å². The highest BCUT2D eigenvalue weighted by atomic mass is 16.5. The first-order valence-electron chi connectivity index (χ1n) is 9.48. The van der Waals surface area contributed by atoms with Crippen molar-refractivity contribution in [3.63, 3.8) is 0 Å². The van der Waals surface area contributed by atoms with Gasteiger partial charge in [0.1, 0.15) is 18.4 Å². The molecule has 6 heteroatoms. The molecule has 3 rings (SSSR count). The maximum absolute atomic E-state index is 10.4. The number of hydrogen-bond donors (Lipinski definition) is 1. The van der Waals surface area contributed by atoms with Crippen LogP contribution in [-0.4, -0.2) is 30.0 Å². The molecule has 0 atom stereocenters. The molecule has 0 saturated heterocycles. The summed E-state index contributed by atoms with van der Waals surface area (Å²) in [5, 5.41) is 4.11. The zero-order valence-electron chi connectivity index (χ0n) is 16.4. The van der Waals surface area contributed by atoms with Gasteiger partial charge in [-0.3, -0.25) is 0 Å². The molecule has 1 heterocycles. The monoisotopic (exact) mass is 389 g/mol. The van der Waals surface area contributed by atoms with E-state index in [-0.39, 0.29) is 0 Å². The van der Waals surface area contributed by atoms with Crippen molar-refractivity contribution in [1.29, 1.82) is 0 Å². The summed E-state index contributed by atoms with van der Waals surface area (Å²) in [4.78, 5) is 19.1. The molecule has 0 fully saturated rings. The van der Waals surface area contributed by atoms with Gasteiger partial charge in [0.2, 0.25) is 0 Å². The maximum atomic E-state index is 10.4. The highest BCUT2D eigenvalue weighted by molar-refractivity contribution is 5.93. The summed E-state index contributed by atoms with van der Waals surface area (Å²) < 4.78 is 11.4. The topological polar surface area (TPSA) is 73.3 Å². The number of methoxy groups -OCH3 is 1. The van der Waals surface area contributed by atoms with Crippen LogP contribution in [0.2, 0.25) is 0 Å². The Morgan fingerprint density at radius 3 is 2.83 bits per heavy atom. The van der Waals surface area contributed by atoms with Gasteiger partial charge in [0.15, 0.2) is 11.5 Å². The lowest BCUT2D eigenvalue weighted by Gasteiger charge is -2.14. The Bertz CT molecular complexity index is 1030. The van der Waals surface area contributed by atoms with Gasteiger partial charge in [-0.05, 0) is 43.5 Å². The smallest absolute Gasteiger partial charge is 0.163 e. The van der Waals surface area contributed by atoms with Gasteiger partial charge in [-0.1, -0.05) is 12.0 Å². The zero-order valence-corrected chi connectivity index (χ0v) is 16.4. The third-order valence-electron chi connectivity index (χ3n) is 4.44. The molecule has 0 spiro atoms. The Hall–Kier alpha value is -3.59. The normalized spacial score (nSPS) is 10.3. The van der Waals surface area contributed by atoms with E-state index in [0.717, 1.165) is 47.7 Å². The molecule has 6 nitrogen and oxygen atoms in total. The van der Waals surface area contributed by atoms with Crippen molar-refractivity contribution in [3.05, 3.63) is 48.3 Å². The van der Waals surface area contributed by atoms with E-state index in [2.05, 4.69) is 21.2 Å². The average Bonchev–Trinajstić information content (AvgIpc) is 2.76. The second kappa shape index (κ2) is 10.1. The number of unbranched alkanes of at least 4 members (excludes halogenated alkanes) is 3. The number of terminal acetylenes is 1. The fourth-order valence-corrected chi connectivity index (χ4v) is 2.95. The lowest BCUT2D eigenvalue weighted by molar-refractivity contribution is -0.107. The molecule has 1 N–H and O–H groups in total. The minimum absolute atomic E-state index is 0.551. The van der Waals surface area contributed by atoms with Crippen molar-refractivity contribution < 1.29 is 14.3 Å². The van der Waals surface area contributed by atoms with Gasteiger partial charge in [-0.15, -0.1) is 6.42 Å². The Labute approximate surface area is 170 Å². The standard InChI is InChI=1S/C23H23N3O3/c1-3-17-9-8-10-18(13-17)26-23-19-14-21(28-2)22(15-20(19)24-16-25-23)29-12-7-5-4-6-11-27/h1,8-11,13-16H,4-7,12H2,2H3,(H,24,25,26). The largest absolute Gasteiger partial charge is 0.493 e. The summed E-state index contributed by atoms with van der Waals surface area (Å²) in [7, 11) is 1.60. The van der Waals surface area contributed by atoms with E-state index >= 15 is 0 Å². The van der Waals surface area contributed by atoms with E-state index < -0.39 is 0 Å². The molecule has 0 saturated carbocycles. The van der Waals surface area contributed by atoms with Gasteiger partial charge in [0.05, 0.1) is 19.2 Å². The van der Waals surface area contributed by atoms with Crippen LogP contribution in [0.4, 0.5) is 11.5 Å². The molecule has 1 aromatic heterocycles. The summed E-state index contributed by atoms with van der Waals surface area (Å²) in [5.74, 6) is 4.53. The molecule has 29 heavy (non-hydrogen) atoms. The first-order valence-corrected chi connectivity index (χ1v) is 9.48. The van der Waals surface area contributed by atoms with Crippen molar-refractivity contribution >= 4 is 28.7 Å². The third-order valence-corrected chi connectivity index (χ3v) is 4.44. The number of anilines is 2. The molecular weight excluding hydrogens is 366 g/mol. The van der Waals surface area contributed by atoms with E-state index in [9.17, 15) is 4.79 Å². The SMILES string of the molecule is C#Cc1cccc(Nc2ncnc3cc(OCCCCCC=O)c(OC)cc23)c1. The van der Waals surface area contributed by atoms with Crippen molar-refractivity contribution in [2.45, 2.75) is 25.7 Å². The highest BCUT2D eigenvalue weighted by Crippen LogP contribution is 2.34. The van der Waals surface area contributed by atoms with Crippen molar-refractivity contribution in [2.24, 2.45) is 0 Å². The van der Waals surface area contributed by atoms with Crippen LogP contribution < -0.4 is 14.8 Å². The highest BCUT2D eigenvalue weighted by Gasteiger charge is 2.12. The number of nitrogens with zero attached hydrogens (tertiary/aromatic N) is 2. The molecule has 0 amide bonds. The second-order valence-corrected chi connectivity index (χ2v) is 6.46. The fourth-order valence-electron chi connectivity index (χ4n) is 2.95. The van der Waals surface area contributed by atoms with Crippen LogP contribution >= 0.6 is 0 Å². The maximum Gasteiger partial charge on any atom is 0.163 e. The van der Waals surface area contributed by atoms with Gasteiger partial charge in [-0.2, -0.15) is 0 Å². The van der Waals surface area contributed by atoms with Crippen LogP contribution in [0.15, 0.2) is 42.7 Å². The Morgan fingerprint density at radius 2 is 2.03 bits per heavy atom. The number of nitrogens with one attached hydrogen (secondary N) is 1. The van der Waals surface area contributed by atoms with E-state index in [0.29, 0.717) is 30.3 Å². The number of fused-ring (bicyclic) bond motifs is 1. The first kappa shape index (κ1) is 20.2. The molecule has 2 aromatic carbocycles. The fraction of sp³-hybridized carbons (Fsp3) is 0.261. The number of ether oxygens (including phenoxy) is 2. The summed E-state index contributed by atoms with van der Waals surface area (Å²) in [5.41, 5.74) is 2.37. The number of aromatic nitrogens is 2. The lowest BCUT2D eigenvalue weighted by Crippen LogP contribution is -2.01. The summed E-state index contributed by atoms with van der Waals surface area (Å²) in [6.07, 6.45) is 11.2. The minimum Gasteiger partial charge on any atom is -0.493 e. The van der Waals surface area contributed by atoms with Crippen molar-refractivity contribution in [2.75, 3.05) is 19.0 Å². The molecule has 0 bridgehead atoms. The Morgan fingerprint density at radius 1 is 1.14 bits per heavy atom. The van der Waals surface area contributed by atoms with Gasteiger partial charge >= 0.3 is 0 Å². The Kier molecular flexibility index (Phi) is 7.01. The second-order valence-electron chi connectivity index (χ2n) is 6.46. The molecule has 0 aliphatic carbocycles. The molecule has 0 aliphatic heterocycles. The Balaban J connectivity index is 1.81. The van der Waals surface area contributed by atoms with Crippen molar-refractivity contribution in [3.8, 4) is 23.8 Å². The summed E-state index contributed by atoms with van der Waals surface area (Å²) >= 11 is 0. The van der Waals surface area contributed by atoms with E-state index in [1.165, 1.54) is 6.33 Å². The van der Waals surface area contributed by atoms with Gasteiger partial charge in [-0.25, -0.2) is 9.97 Å². The molecule has 0 aliphatic rings. The third kappa shape index (κ3) is 5.23. The predicted molar refractivity (Wildman–Crippen MR) is 114 cm³/mol. The van der Waals surface area contributed by atoms with Gasteiger partial charge in [0, 0.05) is 29.1 Å². The summed E-state index contributed by atoms with van der Waals surface area (Å²) in [6.45, 7) is 0.551. The summed E-state index contributed by atoms with van der Waals surface area (Å²) in [6, 6.07) is 11.3. The van der Waals surface area contributed by atoms with Crippen LogP contribution in [0.25, 0.3) is 10.9 Å². The molecule has 3 aromatic rings. The number of benzene rings is 2.